The molecule has 1 N–H and O–H groups in total. The molecule has 25 heavy (non-hydrogen) atoms. The Balaban J connectivity index is 1.82. The minimum absolute atomic E-state index is 0.185. The molecule has 4 nitrogen and oxygen atoms in total. The van der Waals surface area contributed by atoms with Crippen molar-refractivity contribution >= 4 is 34.7 Å². The fourth-order valence-corrected chi connectivity index (χ4v) is 2.72. The van der Waals surface area contributed by atoms with Crippen molar-refractivity contribution in [3.05, 3.63) is 83.0 Å². The van der Waals surface area contributed by atoms with Gasteiger partial charge in [-0.3, -0.25) is 4.79 Å². The maximum Gasteiger partial charge on any atom is 0.255 e. The van der Waals surface area contributed by atoms with Gasteiger partial charge in [0.05, 0.1) is 0 Å². The van der Waals surface area contributed by atoms with Crippen LogP contribution in [0, 0.1) is 6.92 Å². The van der Waals surface area contributed by atoms with Gasteiger partial charge in [0.25, 0.3) is 5.91 Å². The van der Waals surface area contributed by atoms with E-state index in [1.165, 1.54) is 0 Å². The molecular weight excluding hydrogens is 334 g/mol. The number of nitrogens with one attached hydrogen (secondary N) is 1. The van der Waals surface area contributed by atoms with Gasteiger partial charge in [0.15, 0.2) is 0 Å². The molecule has 0 radical (unpaired) electrons. The fourth-order valence-electron chi connectivity index (χ4n) is 2.49. The Morgan fingerprint density at radius 3 is 2.56 bits per heavy atom. The van der Waals surface area contributed by atoms with Gasteiger partial charge in [-0.05, 0) is 55.0 Å². The normalized spacial score (nSPS) is 10.4. The summed E-state index contributed by atoms with van der Waals surface area (Å²) in [5.74, 6) is 0.516. The van der Waals surface area contributed by atoms with Gasteiger partial charge in [-0.2, -0.15) is 0 Å². The summed E-state index contributed by atoms with van der Waals surface area (Å²) in [6.07, 6.45) is 1.64. The van der Waals surface area contributed by atoms with Crippen LogP contribution in [0.1, 0.15) is 15.9 Å². The highest BCUT2D eigenvalue weighted by molar-refractivity contribution is 6.30. The number of anilines is 3. The van der Waals surface area contributed by atoms with Gasteiger partial charge in [-0.1, -0.05) is 29.8 Å². The number of halogens is 1. The van der Waals surface area contributed by atoms with Crippen LogP contribution in [0.4, 0.5) is 17.2 Å². The quantitative estimate of drug-likeness (QED) is 0.714. The molecule has 2 aromatic carbocycles. The molecule has 0 atom stereocenters. The standard InChI is InChI=1S/C20H18ClN3O/c1-14-12-16(21)8-9-18(14)23-20(25)15-10-11-22-19(13-15)24(2)17-6-4-3-5-7-17/h3-13H,1-2H3,(H,23,25). The number of benzene rings is 2. The van der Waals surface area contributed by atoms with E-state index in [-0.39, 0.29) is 5.91 Å². The highest BCUT2D eigenvalue weighted by Gasteiger charge is 2.11. The van der Waals surface area contributed by atoms with Crippen LogP contribution in [-0.4, -0.2) is 17.9 Å². The summed E-state index contributed by atoms with van der Waals surface area (Å²) in [7, 11) is 1.92. The third kappa shape index (κ3) is 3.98. The molecule has 1 heterocycles. The first-order chi connectivity index (χ1) is 12.0. The van der Waals surface area contributed by atoms with Crippen molar-refractivity contribution in [2.75, 3.05) is 17.3 Å². The third-order valence-electron chi connectivity index (χ3n) is 3.93. The molecule has 3 rings (SSSR count). The zero-order valence-corrected chi connectivity index (χ0v) is 14.8. The molecule has 0 aliphatic heterocycles. The zero-order chi connectivity index (χ0) is 17.8. The van der Waals surface area contributed by atoms with Crippen molar-refractivity contribution in [3.8, 4) is 0 Å². The van der Waals surface area contributed by atoms with E-state index in [1.807, 2.05) is 55.3 Å². The zero-order valence-electron chi connectivity index (χ0n) is 14.0. The molecule has 0 unspecified atom stereocenters. The Kier molecular flexibility index (Phi) is 5.00. The van der Waals surface area contributed by atoms with Crippen molar-refractivity contribution in [1.82, 2.24) is 4.98 Å². The molecule has 126 valence electrons. The number of pyridine rings is 1. The molecule has 1 aromatic heterocycles. The molecule has 0 spiro atoms. The second-order valence-corrected chi connectivity index (χ2v) is 6.15. The highest BCUT2D eigenvalue weighted by atomic mass is 35.5. The Morgan fingerprint density at radius 1 is 1.08 bits per heavy atom. The third-order valence-corrected chi connectivity index (χ3v) is 4.17. The van der Waals surface area contributed by atoms with Gasteiger partial charge in [-0.25, -0.2) is 4.98 Å². The molecule has 1 amide bonds. The largest absolute Gasteiger partial charge is 0.329 e. The topological polar surface area (TPSA) is 45.2 Å². The summed E-state index contributed by atoms with van der Waals surface area (Å²) < 4.78 is 0. The predicted molar refractivity (Wildman–Crippen MR) is 103 cm³/mol. The lowest BCUT2D eigenvalue weighted by Crippen LogP contribution is -2.15. The first-order valence-electron chi connectivity index (χ1n) is 7.87. The number of hydrogen-bond donors (Lipinski definition) is 1. The highest BCUT2D eigenvalue weighted by Crippen LogP contribution is 2.23. The van der Waals surface area contributed by atoms with Crippen molar-refractivity contribution in [1.29, 1.82) is 0 Å². The first-order valence-corrected chi connectivity index (χ1v) is 8.25. The molecule has 0 fully saturated rings. The molecule has 5 heteroatoms. The lowest BCUT2D eigenvalue weighted by molar-refractivity contribution is 0.102. The maximum atomic E-state index is 12.6. The van der Waals surface area contributed by atoms with E-state index in [9.17, 15) is 4.79 Å². The van der Waals surface area contributed by atoms with E-state index < -0.39 is 0 Å². The van der Waals surface area contributed by atoms with Crippen molar-refractivity contribution in [2.24, 2.45) is 0 Å². The summed E-state index contributed by atoms with van der Waals surface area (Å²) in [6.45, 7) is 1.91. The Labute approximate surface area is 152 Å². The number of rotatable bonds is 4. The number of carbonyl (C=O) groups excluding carboxylic acids is 1. The first kappa shape index (κ1) is 17.0. The molecule has 0 saturated carbocycles. The number of aryl methyl sites for hydroxylation is 1. The predicted octanol–water partition coefficient (Wildman–Crippen LogP) is 5.06. The minimum Gasteiger partial charge on any atom is -0.329 e. The maximum absolute atomic E-state index is 12.6. The number of hydrogen-bond acceptors (Lipinski definition) is 3. The van der Waals surface area contributed by atoms with Gasteiger partial charge in [-0.15, -0.1) is 0 Å². The van der Waals surface area contributed by atoms with Gasteiger partial charge >= 0.3 is 0 Å². The SMILES string of the molecule is Cc1cc(Cl)ccc1NC(=O)c1ccnc(N(C)c2ccccc2)c1. The van der Waals surface area contributed by atoms with Gasteiger partial charge in [0, 0.05) is 35.2 Å². The lowest BCUT2D eigenvalue weighted by atomic mass is 10.1. The summed E-state index contributed by atoms with van der Waals surface area (Å²) >= 11 is 5.96. The Morgan fingerprint density at radius 2 is 1.84 bits per heavy atom. The number of amides is 1. The average molecular weight is 352 g/mol. The number of aromatic nitrogens is 1. The molecule has 0 aliphatic rings. The van der Waals surface area contributed by atoms with Crippen LogP contribution >= 0.6 is 11.6 Å². The number of nitrogens with zero attached hydrogens (tertiary/aromatic N) is 2. The fraction of sp³-hybridized carbons (Fsp3) is 0.100. The van der Waals surface area contributed by atoms with Gasteiger partial charge in [0.2, 0.25) is 0 Å². The van der Waals surface area contributed by atoms with E-state index >= 15 is 0 Å². The Bertz CT molecular complexity index is 896. The second kappa shape index (κ2) is 7.36. The molecule has 3 aromatic rings. The summed E-state index contributed by atoms with van der Waals surface area (Å²) in [5, 5.41) is 3.56. The lowest BCUT2D eigenvalue weighted by Gasteiger charge is -2.18. The molecular formula is C20H18ClN3O. The van der Waals surface area contributed by atoms with E-state index in [2.05, 4.69) is 10.3 Å². The van der Waals surface area contributed by atoms with Crippen LogP contribution in [0.15, 0.2) is 66.9 Å². The van der Waals surface area contributed by atoms with Crippen molar-refractivity contribution < 1.29 is 4.79 Å². The van der Waals surface area contributed by atoms with Crippen LogP contribution in [0.25, 0.3) is 0 Å². The number of para-hydroxylation sites is 1. The average Bonchev–Trinajstić information content (AvgIpc) is 2.64. The smallest absolute Gasteiger partial charge is 0.255 e. The van der Waals surface area contributed by atoms with Crippen molar-refractivity contribution in [3.63, 3.8) is 0 Å². The van der Waals surface area contributed by atoms with Crippen LogP contribution in [0.5, 0.6) is 0 Å². The minimum atomic E-state index is -0.185. The van der Waals surface area contributed by atoms with E-state index in [1.54, 1.807) is 30.5 Å². The number of carbonyl (C=O) groups is 1. The van der Waals surface area contributed by atoms with Crippen LogP contribution in [0.2, 0.25) is 5.02 Å². The van der Waals surface area contributed by atoms with E-state index in [4.69, 9.17) is 11.6 Å². The summed E-state index contributed by atoms with van der Waals surface area (Å²) in [6, 6.07) is 18.7. The van der Waals surface area contributed by atoms with Crippen LogP contribution < -0.4 is 10.2 Å². The van der Waals surface area contributed by atoms with Gasteiger partial charge in [0.1, 0.15) is 5.82 Å². The van der Waals surface area contributed by atoms with Crippen LogP contribution in [0.3, 0.4) is 0 Å². The summed E-state index contributed by atoms with van der Waals surface area (Å²) in [4.78, 5) is 18.9. The van der Waals surface area contributed by atoms with Gasteiger partial charge < -0.3 is 10.2 Å². The monoisotopic (exact) mass is 351 g/mol. The van der Waals surface area contributed by atoms with Crippen LogP contribution in [-0.2, 0) is 0 Å². The molecule has 0 aliphatic carbocycles. The Hall–Kier alpha value is -2.85. The molecule has 0 saturated heterocycles. The van der Waals surface area contributed by atoms with E-state index in [0.29, 0.717) is 16.4 Å². The second-order valence-electron chi connectivity index (χ2n) is 5.71. The summed E-state index contributed by atoms with van der Waals surface area (Å²) in [5.41, 5.74) is 3.20. The molecule has 0 bridgehead atoms. The van der Waals surface area contributed by atoms with Crippen molar-refractivity contribution in [2.45, 2.75) is 6.92 Å². The van der Waals surface area contributed by atoms with E-state index in [0.717, 1.165) is 16.9 Å².